The number of hydrogen-bond donors (Lipinski definition) is 2. The second-order valence-corrected chi connectivity index (χ2v) is 3.55. The molecule has 0 bridgehead atoms. The van der Waals surface area contributed by atoms with Gasteiger partial charge >= 0.3 is 5.97 Å². The molecule has 5 heteroatoms. The molecule has 2 rings (SSSR count). The van der Waals surface area contributed by atoms with Crippen LogP contribution in [0, 0.1) is 0 Å². The Morgan fingerprint density at radius 2 is 2.06 bits per heavy atom. The molecule has 1 aromatic carbocycles. The van der Waals surface area contributed by atoms with Gasteiger partial charge in [-0.3, -0.25) is 0 Å². The quantitative estimate of drug-likeness (QED) is 0.802. The van der Waals surface area contributed by atoms with Crippen LogP contribution in [0.2, 0.25) is 0 Å². The van der Waals surface area contributed by atoms with Crippen molar-refractivity contribution in [2.45, 2.75) is 5.75 Å². The molecule has 82 valence electrons. The Morgan fingerprint density at radius 1 is 1.38 bits per heavy atom. The SMILES string of the molecule is O=C(O)c1cc(-c2ccc(CS)cc2)on1. The molecule has 0 saturated heterocycles. The highest BCUT2D eigenvalue weighted by molar-refractivity contribution is 7.79. The molecule has 0 fully saturated rings. The molecule has 0 atom stereocenters. The van der Waals surface area contributed by atoms with Crippen LogP contribution in [0.1, 0.15) is 16.1 Å². The van der Waals surface area contributed by atoms with Gasteiger partial charge in [0.2, 0.25) is 0 Å². The van der Waals surface area contributed by atoms with Gasteiger partial charge in [0.1, 0.15) is 0 Å². The van der Waals surface area contributed by atoms with Crippen LogP contribution in [0.3, 0.4) is 0 Å². The zero-order valence-electron chi connectivity index (χ0n) is 8.25. The third-order valence-electron chi connectivity index (χ3n) is 2.15. The van der Waals surface area contributed by atoms with Crippen LogP contribution in [0.25, 0.3) is 11.3 Å². The van der Waals surface area contributed by atoms with Crippen LogP contribution in [-0.2, 0) is 5.75 Å². The fourth-order valence-corrected chi connectivity index (χ4v) is 1.50. The normalized spacial score (nSPS) is 10.3. The Kier molecular flexibility index (Phi) is 2.96. The second-order valence-electron chi connectivity index (χ2n) is 3.24. The van der Waals surface area contributed by atoms with Crippen molar-refractivity contribution in [3.05, 3.63) is 41.6 Å². The average Bonchev–Trinajstić information content (AvgIpc) is 2.78. The monoisotopic (exact) mass is 235 g/mol. The van der Waals surface area contributed by atoms with Crippen LogP contribution in [0.15, 0.2) is 34.9 Å². The van der Waals surface area contributed by atoms with Crippen LogP contribution in [-0.4, -0.2) is 16.2 Å². The number of aromatic carboxylic acids is 1. The Balaban J connectivity index is 2.31. The number of benzene rings is 1. The first-order valence-corrected chi connectivity index (χ1v) is 5.24. The lowest BCUT2D eigenvalue weighted by Gasteiger charge is -1.97. The standard InChI is InChI=1S/C11H9NO3S/c13-11(14)9-5-10(15-12-9)8-3-1-7(6-16)2-4-8/h1-5,16H,6H2,(H,13,14). The van der Waals surface area contributed by atoms with E-state index in [-0.39, 0.29) is 5.69 Å². The van der Waals surface area contributed by atoms with E-state index in [1.54, 1.807) is 0 Å². The number of carboxylic acid groups (broad SMARTS) is 1. The fourth-order valence-electron chi connectivity index (χ4n) is 1.29. The van der Waals surface area contributed by atoms with Crippen LogP contribution >= 0.6 is 12.6 Å². The van der Waals surface area contributed by atoms with E-state index in [9.17, 15) is 4.79 Å². The number of hydrogen-bond acceptors (Lipinski definition) is 4. The molecule has 2 aromatic rings. The highest BCUT2D eigenvalue weighted by atomic mass is 32.1. The van der Waals surface area contributed by atoms with Crippen LogP contribution < -0.4 is 0 Å². The lowest BCUT2D eigenvalue weighted by Crippen LogP contribution is -1.94. The summed E-state index contributed by atoms with van der Waals surface area (Å²) in [6, 6.07) is 8.91. The van der Waals surface area contributed by atoms with E-state index in [0.717, 1.165) is 11.1 Å². The van der Waals surface area contributed by atoms with Crippen molar-refractivity contribution in [2.24, 2.45) is 0 Å². The predicted octanol–water partition coefficient (Wildman–Crippen LogP) is 2.47. The number of aromatic nitrogens is 1. The molecule has 1 N–H and O–H groups in total. The lowest BCUT2D eigenvalue weighted by atomic mass is 10.1. The van der Waals surface area contributed by atoms with Gasteiger partial charge in [-0.25, -0.2) is 4.79 Å². The van der Waals surface area contributed by atoms with Gasteiger partial charge in [0, 0.05) is 17.4 Å². The van der Waals surface area contributed by atoms with Gasteiger partial charge in [-0.15, -0.1) is 0 Å². The molecule has 1 heterocycles. The Hall–Kier alpha value is -1.75. The summed E-state index contributed by atoms with van der Waals surface area (Å²) >= 11 is 4.15. The van der Waals surface area contributed by atoms with Crippen molar-refractivity contribution in [1.29, 1.82) is 0 Å². The Morgan fingerprint density at radius 3 is 2.56 bits per heavy atom. The molecule has 0 aliphatic carbocycles. The molecule has 1 aromatic heterocycles. The van der Waals surface area contributed by atoms with E-state index >= 15 is 0 Å². The summed E-state index contributed by atoms with van der Waals surface area (Å²) in [4.78, 5) is 10.6. The maximum atomic E-state index is 10.6. The second kappa shape index (κ2) is 4.40. The topological polar surface area (TPSA) is 63.3 Å². The zero-order chi connectivity index (χ0) is 11.5. The maximum absolute atomic E-state index is 10.6. The van der Waals surface area contributed by atoms with Gasteiger partial charge in [0.15, 0.2) is 11.5 Å². The van der Waals surface area contributed by atoms with E-state index in [1.807, 2.05) is 24.3 Å². The number of carbonyl (C=O) groups is 1. The van der Waals surface area contributed by atoms with Crippen molar-refractivity contribution in [3.63, 3.8) is 0 Å². The first-order chi connectivity index (χ1) is 7.70. The molecule has 0 aliphatic rings. The summed E-state index contributed by atoms with van der Waals surface area (Å²) in [6.45, 7) is 0. The minimum absolute atomic E-state index is 0.0896. The maximum Gasteiger partial charge on any atom is 0.358 e. The van der Waals surface area contributed by atoms with Crippen molar-refractivity contribution in [2.75, 3.05) is 0 Å². The summed E-state index contributed by atoms with van der Waals surface area (Å²) in [6.07, 6.45) is 0. The minimum atomic E-state index is -1.10. The predicted molar refractivity (Wildman–Crippen MR) is 61.6 cm³/mol. The summed E-state index contributed by atoms with van der Waals surface area (Å²) in [7, 11) is 0. The van der Waals surface area contributed by atoms with Crippen LogP contribution in [0.4, 0.5) is 0 Å². The number of rotatable bonds is 3. The first-order valence-electron chi connectivity index (χ1n) is 4.61. The highest BCUT2D eigenvalue weighted by Crippen LogP contribution is 2.21. The van der Waals surface area contributed by atoms with Crippen molar-refractivity contribution in [3.8, 4) is 11.3 Å². The minimum Gasteiger partial charge on any atom is -0.476 e. The summed E-state index contributed by atoms with van der Waals surface area (Å²) < 4.78 is 4.94. The molecule has 16 heavy (non-hydrogen) atoms. The molecule has 0 unspecified atom stereocenters. The number of carboxylic acids is 1. The fraction of sp³-hybridized carbons (Fsp3) is 0.0909. The molecule has 0 aliphatic heterocycles. The van der Waals surface area contributed by atoms with Gasteiger partial charge in [-0.2, -0.15) is 12.6 Å². The molecule has 0 amide bonds. The van der Waals surface area contributed by atoms with Gasteiger partial charge in [0.25, 0.3) is 0 Å². The van der Waals surface area contributed by atoms with Gasteiger partial charge in [-0.05, 0) is 5.56 Å². The smallest absolute Gasteiger partial charge is 0.358 e. The highest BCUT2D eigenvalue weighted by Gasteiger charge is 2.11. The average molecular weight is 235 g/mol. The molecule has 0 spiro atoms. The summed E-state index contributed by atoms with van der Waals surface area (Å²) in [5, 5.41) is 12.1. The largest absolute Gasteiger partial charge is 0.476 e. The summed E-state index contributed by atoms with van der Waals surface area (Å²) in [5.74, 6) is 0.0157. The zero-order valence-corrected chi connectivity index (χ0v) is 9.15. The van der Waals surface area contributed by atoms with Crippen LogP contribution in [0.5, 0.6) is 0 Å². The van der Waals surface area contributed by atoms with E-state index < -0.39 is 5.97 Å². The van der Waals surface area contributed by atoms with Crippen molar-refractivity contribution in [1.82, 2.24) is 5.16 Å². The van der Waals surface area contributed by atoms with Gasteiger partial charge in [0.05, 0.1) is 0 Å². The lowest BCUT2D eigenvalue weighted by molar-refractivity contribution is 0.0686. The Bertz CT molecular complexity index is 504. The number of nitrogens with zero attached hydrogens (tertiary/aromatic N) is 1. The van der Waals surface area contributed by atoms with Gasteiger partial charge in [-0.1, -0.05) is 29.4 Å². The number of thiol groups is 1. The van der Waals surface area contributed by atoms with Gasteiger partial charge < -0.3 is 9.63 Å². The molecule has 4 nitrogen and oxygen atoms in total. The third-order valence-corrected chi connectivity index (χ3v) is 2.52. The third kappa shape index (κ3) is 2.09. The molecular formula is C11H9NO3S. The van der Waals surface area contributed by atoms with E-state index in [0.29, 0.717) is 11.5 Å². The van der Waals surface area contributed by atoms with Crippen molar-refractivity contribution < 1.29 is 14.4 Å². The van der Waals surface area contributed by atoms with E-state index in [1.165, 1.54) is 6.07 Å². The van der Waals surface area contributed by atoms with E-state index in [2.05, 4.69) is 17.8 Å². The Labute approximate surface area is 97.3 Å². The first kappa shape index (κ1) is 10.8. The molecule has 0 saturated carbocycles. The molecular weight excluding hydrogens is 226 g/mol. The summed E-state index contributed by atoms with van der Waals surface area (Å²) in [5.41, 5.74) is 1.80. The molecule has 0 radical (unpaired) electrons. The van der Waals surface area contributed by atoms with Crippen molar-refractivity contribution >= 4 is 18.6 Å². The van der Waals surface area contributed by atoms with E-state index in [4.69, 9.17) is 9.63 Å².